The topological polar surface area (TPSA) is 0 Å². The highest BCUT2D eigenvalue weighted by atomic mass is 32.2. The molecule has 0 spiro atoms. The first-order chi connectivity index (χ1) is 18.8. The van der Waals surface area contributed by atoms with E-state index in [4.69, 9.17) is 0 Å². The van der Waals surface area contributed by atoms with Crippen LogP contribution in [0.4, 0.5) is 0 Å². The molecule has 0 bridgehead atoms. The third-order valence-corrected chi connectivity index (χ3v) is 9.24. The van der Waals surface area contributed by atoms with Crippen molar-refractivity contribution in [2.24, 2.45) is 0 Å². The summed E-state index contributed by atoms with van der Waals surface area (Å²) in [4.78, 5) is 5.09. The lowest BCUT2D eigenvalue weighted by molar-refractivity contribution is 1.32. The van der Waals surface area contributed by atoms with E-state index >= 15 is 0 Å². The van der Waals surface area contributed by atoms with Gasteiger partial charge in [0.05, 0.1) is 0 Å². The van der Waals surface area contributed by atoms with Gasteiger partial charge in [0.2, 0.25) is 0 Å². The molecule has 0 nitrogen and oxygen atoms in total. The van der Waals surface area contributed by atoms with Crippen molar-refractivity contribution >= 4 is 23.5 Å². The maximum atomic E-state index is 2.36. The van der Waals surface area contributed by atoms with Crippen LogP contribution in [0.15, 0.2) is 165 Å². The minimum absolute atomic E-state index is 1.24. The smallest absolute Gasteiger partial charge is 0.0207 e. The maximum Gasteiger partial charge on any atom is 0.0207 e. The standard InChI is InChI=1S/C36H24S2/c1-3-11-25(12-4-1)27-19-21-31-32-22-20-28(26-13-5-2-6-14-26)24-36(32)38-34-18-10-8-16-30(34)29-15-7-9-17-33(29)37-35(31)23-27/h1-24H. The summed E-state index contributed by atoms with van der Waals surface area (Å²) in [7, 11) is 0. The Hall–Kier alpha value is -3.98. The Bertz CT molecular complexity index is 1620. The van der Waals surface area contributed by atoms with Crippen LogP contribution in [0.25, 0.3) is 44.5 Å². The molecule has 1 aliphatic heterocycles. The Kier molecular flexibility index (Phi) is 6.13. The quantitative estimate of drug-likeness (QED) is 0.222. The van der Waals surface area contributed by atoms with Gasteiger partial charge in [-0.3, -0.25) is 0 Å². The van der Waals surface area contributed by atoms with Gasteiger partial charge in [-0.05, 0) is 68.8 Å². The molecule has 6 aromatic rings. The third-order valence-electron chi connectivity index (χ3n) is 6.97. The summed E-state index contributed by atoms with van der Waals surface area (Å²) in [5.74, 6) is 0. The summed E-state index contributed by atoms with van der Waals surface area (Å²) >= 11 is 3.73. The lowest BCUT2D eigenvalue weighted by Crippen LogP contribution is -1.93. The van der Waals surface area contributed by atoms with Crippen molar-refractivity contribution in [1.82, 2.24) is 0 Å². The van der Waals surface area contributed by atoms with Crippen LogP contribution in [0.2, 0.25) is 0 Å². The summed E-state index contributed by atoms with van der Waals surface area (Å²) in [6.07, 6.45) is 0. The summed E-state index contributed by atoms with van der Waals surface area (Å²) in [5, 5.41) is 0. The van der Waals surface area contributed by atoms with Crippen molar-refractivity contribution in [1.29, 1.82) is 0 Å². The molecular weight excluding hydrogens is 497 g/mol. The highest BCUT2D eigenvalue weighted by molar-refractivity contribution is 8.00. The Morgan fingerprint density at radius 2 is 0.632 bits per heavy atom. The van der Waals surface area contributed by atoms with Crippen molar-refractivity contribution in [2.45, 2.75) is 19.6 Å². The molecular formula is C36H24S2. The molecule has 0 aromatic heterocycles. The normalized spacial score (nSPS) is 12.0. The molecule has 38 heavy (non-hydrogen) atoms. The van der Waals surface area contributed by atoms with Gasteiger partial charge in [-0.2, -0.15) is 0 Å². The zero-order chi connectivity index (χ0) is 25.3. The van der Waals surface area contributed by atoms with E-state index in [1.807, 2.05) is 23.5 Å². The fourth-order valence-corrected chi connectivity index (χ4v) is 7.36. The van der Waals surface area contributed by atoms with Gasteiger partial charge in [0.25, 0.3) is 0 Å². The van der Waals surface area contributed by atoms with Gasteiger partial charge in [0.1, 0.15) is 0 Å². The fraction of sp³-hybridized carbons (Fsp3) is 0. The number of hydrogen-bond donors (Lipinski definition) is 0. The van der Waals surface area contributed by atoms with E-state index in [0.717, 1.165) is 0 Å². The fourth-order valence-electron chi connectivity index (χ4n) is 5.07. The first kappa shape index (κ1) is 23.2. The average Bonchev–Trinajstić information content (AvgIpc) is 2.99. The van der Waals surface area contributed by atoms with E-state index in [-0.39, 0.29) is 0 Å². The van der Waals surface area contributed by atoms with Crippen LogP contribution in [0.3, 0.4) is 0 Å². The molecule has 0 amide bonds. The molecule has 2 heteroatoms. The van der Waals surface area contributed by atoms with Gasteiger partial charge in [0.15, 0.2) is 0 Å². The molecule has 0 fully saturated rings. The summed E-state index contributed by atoms with van der Waals surface area (Å²) < 4.78 is 0. The molecule has 1 aliphatic rings. The predicted molar refractivity (Wildman–Crippen MR) is 163 cm³/mol. The zero-order valence-electron chi connectivity index (χ0n) is 20.7. The molecule has 0 atom stereocenters. The zero-order valence-corrected chi connectivity index (χ0v) is 22.3. The average molecular weight is 521 g/mol. The Labute approximate surface area is 232 Å². The Morgan fingerprint density at radius 1 is 0.263 bits per heavy atom. The van der Waals surface area contributed by atoms with Gasteiger partial charge in [-0.15, -0.1) is 0 Å². The van der Waals surface area contributed by atoms with E-state index in [1.54, 1.807) is 0 Å². The minimum atomic E-state index is 1.24. The van der Waals surface area contributed by atoms with Crippen molar-refractivity contribution in [3.05, 3.63) is 146 Å². The van der Waals surface area contributed by atoms with E-state index in [0.29, 0.717) is 0 Å². The molecule has 0 unspecified atom stereocenters. The molecule has 0 saturated carbocycles. The van der Waals surface area contributed by atoms with E-state index in [1.165, 1.54) is 64.1 Å². The molecule has 7 rings (SSSR count). The van der Waals surface area contributed by atoms with E-state index in [2.05, 4.69) is 146 Å². The number of hydrogen-bond acceptors (Lipinski definition) is 2. The van der Waals surface area contributed by atoms with Gasteiger partial charge in [0, 0.05) is 19.6 Å². The molecule has 0 saturated heterocycles. The second kappa shape index (κ2) is 10.1. The van der Waals surface area contributed by atoms with Crippen molar-refractivity contribution in [2.75, 3.05) is 0 Å². The van der Waals surface area contributed by atoms with Crippen LogP contribution in [0.5, 0.6) is 0 Å². The molecule has 180 valence electrons. The minimum Gasteiger partial charge on any atom is -0.0888 e. The van der Waals surface area contributed by atoms with Crippen molar-refractivity contribution in [3.8, 4) is 44.5 Å². The number of rotatable bonds is 2. The highest BCUT2D eigenvalue weighted by Crippen LogP contribution is 2.49. The molecule has 6 aromatic carbocycles. The monoisotopic (exact) mass is 520 g/mol. The van der Waals surface area contributed by atoms with Crippen LogP contribution >= 0.6 is 23.5 Å². The molecule has 0 N–H and O–H groups in total. The van der Waals surface area contributed by atoms with Gasteiger partial charge < -0.3 is 0 Å². The number of benzene rings is 6. The lowest BCUT2D eigenvalue weighted by Gasteiger charge is -2.21. The molecule has 0 aliphatic carbocycles. The van der Waals surface area contributed by atoms with E-state index in [9.17, 15) is 0 Å². The van der Waals surface area contributed by atoms with Crippen molar-refractivity contribution in [3.63, 3.8) is 0 Å². The first-order valence-corrected chi connectivity index (χ1v) is 14.4. The van der Waals surface area contributed by atoms with Gasteiger partial charge in [-0.1, -0.05) is 145 Å². The van der Waals surface area contributed by atoms with Crippen LogP contribution in [-0.4, -0.2) is 0 Å². The van der Waals surface area contributed by atoms with Crippen molar-refractivity contribution < 1.29 is 0 Å². The largest absolute Gasteiger partial charge is 0.0888 e. The van der Waals surface area contributed by atoms with E-state index < -0.39 is 0 Å². The first-order valence-electron chi connectivity index (χ1n) is 12.8. The summed E-state index contributed by atoms with van der Waals surface area (Å²) in [5.41, 5.74) is 10.0. The second-order valence-corrected chi connectivity index (χ2v) is 11.5. The summed E-state index contributed by atoms with van der Waals surface area (Å²) in [6.45, 7) is 0. The molecule has 0 radical (unpaired) electrons. The van der Waals surface area contributed by atoms with Crippen LogP contribution in [0.1, 0.15) is 0 Å². The van der Waals surface area contributed by atoms with Crippen LogP contribution in [-0.2, 0) is 0 Å². The SMILES string of the molecule is c1ccc(-c2ccc3c(c2)Sc2ccccc2-c2ccccc2Sc2cc(-c4ccccc4)ccc2-3)cc1. The highest BCUT2D eigenvalue weighted by Gasteiger charge is 2.20. The second-order valence-electron chi connectivity index (χ2n) is 9.35. The Morgan fingerprint density at radius 3 is 1.08 bits per heavy atom. The predicted octanol–water partition coefficient (Wildman–Crippen LogP) is 11.0. The van der Waals surface area contributed by atoms with Gasteiger partial charge >= 0.3 is 0 Å². The van der Waals surface area contributed by atoms with Crippen LogP contribution in [0, 0.1) is 0 Å². The molecule has 1 heterocycles. The summed E-state index contributed by atoms with van der Waals surface area (Å²) in [6, 6.07) is 52.8. The third kappa shape index (κ3) is 4.36. The van der Waals surface area contributed by atoms with Crippen LogP contribution < -0.4 is 0 Å². The lowest BCUT2D eigenvalue weighted by atomic mass is 9.97. The van der Waals surface area contributed by atoms with Gasteiger partial charge in [-0.25, -0.2) is 0 Å². The number of fused-ring (bicyclic) bond motifs is 6. The maximum absolute atomic E-state index is 2.36. The Balaban J connectivity index is 1.48.